The van der Waals surface area contributed by atoms with Crippen LogP contribution in [0.2, 0.25) is 0 Å². The number of ether oxygens (including phenoxy) is 2. The van der Waals surface area contributed by atoms with Gasteiger partial charge in [-0.1, -0.05) is 23.5 Å². The van der Waals surface area contributed by atoms with E-state index in [1.807, 2.05) is 6.92 Å². The molecule has 0 aliphatic carbocycles. The second kappa shape index (κ2) is 10.1. The van der Waals surface area contributed by atoms with E-state index < -0.39 is 29.3 Å². The predicted molar refractivity (Wildman–Crippen MR) is 144 cm³/mol. The van der Waals surface area contributed by atoms with Crippen molar-refractivity contribution in [2.75, 3.05) is 18.6 Å². The molecule has 0 radical (unpaired) electrons. The number of phenolic OH excluding ortho intramolecular Hbond substituents is 1. The van der Waals surface area contributed by atoms with Gasteiger partial charge in [0.15, 0.2) is 16.6 Å². The number of aromatic nitrogens is 1. The molecule has 4 aromatic rings. The Morgan fingerprint density at radius 3 is 2.71 bits per heavy atom. The Kier molecular flexibility index (Phi) is 6.80. The second-order valence-electron chi connectivity index (χ2n) is 8.29. The summed E-state index contributed by atoms with van der Waals surface area (Å²) in [5, 5.41) is 21.9. The fourth-order valence-corrected chi connectivity index (χ4v) is 5.77. The van der Waals surface area contributed by atoms with Gasteiger partial charge in [-0.15, -0.1) is 0 Å². The molecule has 194 valence electrons. The smallest absolute Gasteiger partial charge is 0.301 e. The molecule has 1 fully saturated rings. The fourth-order valence-electron chi connectivity index (χ4n) is 4.30. The van der Waals surface area contributed by atoms with Crippen LogP contribution in [0.25, 0.3) is 16.0 Å². The Balaban J connectivity index is 1.76. The molecule has 0 bridgehead atoms. The molecule has 1 aliphatic heterocycles. The van der Waals surface area contributed by atoms with Gasteiger partial charge in [-0.2, -0.15) is 0 Å². The minimum atomic E-state index is -1.14. The summed E-state index contributed by atoms with van der Waals surface area (Å²) in [5.74, 6) is -2.33. The lowest BCUT2D eigenvalue weighted by Crippen LogP contribution is -2.29. The Bertz CT molecular complexity index is 1640. The van der Waals surface area contributed by atoms with Crippen molar-refractivity contribution in [2.45, 2.75) is 13.0 Å². The van der Waals surface area contributed by atoms with E-state index in [2.05, 4.69) is 20.9 Å². The number of nitrogens with zero attached hydrogens (tertiary/aromatic N) is 2. The van der Waals surface area contributed by atoms with Crippen LogP contribution in [-0.4, -0.2) is 40.6 Å². The molecule has 1 aliphatic rings. The Labute approximate surface area is 228 Å². The zero-order valence-electron chi connectivity index (χ0n) is 20.1. The van der Waals surface area contributed by atoms with Gasteiger partial charge in [0.25, 0.3) is 5.78 Å². The van der Waals surface area contributed by atoms with E-state index >= 15 is 0 Å². The van der Waals surface area contributed by atoms with E-state index in [9.17, 15) is 24.2 Å². The summed E-state index contributed by atoms with van der Waals surface area (Å²) in [6.07, 6.45) is 0. The van der Waals surface area contributed by atoms with Gasteiger partial charge >= 0.3 is 5.91 Å². The summed E-state index contributed by atoms with van der Waals surface area (Å²) in [6.45, 7) is 2.21. The van der Waals surface area contributed by atoms with Crippen molar-refractivity contribution in [2.24, 2.45) is 0 Å². The lowest BCUT2D eigenvalue weighted by molar-refractivity contribution is -0.132. The van der Waals surface area contributed by atoms with Gasteiger partial charge in [0.05, 0.1) is 40.0 Å². The van der Waals surface area contributed by atoms with Gasteiger partial charge in [-0.3, -0.25) is 14.5 Å². The highest BCUT2D eigenvalue weighted by Gasteiger charge is 2.48. The van der Waals surface area contributed by atoms with E-state index in [4.69, 9.17) is 9.47 Å². The summed E-state index contributed by atoms with van der Waals surface area (Å²) in [4.78, 5) is 32.6. The molecule has 3 aromatic carbocycles. The van der Waals surface area contributed by atoms with Crippen molar-refractivity contribution in [1.29, 1.82) is 0 Å². The molecule has 1 saturated heterocycles. The van der Waals surface area contributed by atoms with Crippen LogP contribution in [0, 0.1) is 5.82 Å². The molecule has 1 aromatic heterocycles. The number of aliphatic hydroxyl groups excluding tert-OH is 1. The Morgan fingerprint density at radius 2 is 1.97 bits per heavy atom. The Hall–Kier alpha value is -3.96. The van der Waals surface area contributed by atoms with Crippen molar-refractivity contribution < 1.29 is 33.7 Å². The van der Waals surface area contributed by atoms with E-state index in [0.717, 1.165) is 11.3 Å². The first-order chi connectivity index (χ1) is 18.2. The van der Waals surface area contributed by atoms with E-state index in [-0.39, 0.29) is 32.2 Å². The molecular weight excluding hydrogens is 579 g/mol. The summed E-state index contributed by atoms with van der Waals surface area (Å²) >= 11 is 4.32. The third kappa shape index (κ3) is 4.37. The predicted octanol–water partition coefficient (Wildman–Crippen LogP) is 5.94. The maximum atomic E-state index is 13.9. The Morgan fingerprint density at radius 1 is 1.18 bits per heavy atom. The van der Waals surface area contributed by atoms with Crippen molar-refractivity contribution in [3.63, 3.8) is 0 Å². The monoisotopic (exact) mass is 598 g/mol. The number of anilines is 1. The summed E-state index contributed by atoms with van der Waals surface area (Å²) in [6, 6.07) is 12.4. The van der Waals surface area contributed by atoms with Crippen molar-refractivity contribution in [1.82, 2.24) is 4.98 Å². The van der Waals surface area contributed by atoms with Crippen molar-refractivity contribution in [3.8, 4) is 17.2 Å². The number of amides is 1. The number of aliphatic hydroxyl groups is 1. The minimum absolute atomic E-state index is 0.0877. The molecule has 0 spiro atoms. The third-order valence-corrected chi connectivity index (χ3v) is 7.62. The second-order valence-corrected chi connectivity index (χ2v) is 10.2. The molecule has 1 unspecified atom stereocenters. The molecular formula is C27H20BrFN2O6S. The molecule has 5 rings (SSSR count). The number of phenols is 1. The highest BCUT2D eigenvalue weighted by molar-refractivity contribution is 9.10. The first kappa shape index (κ1) is 25.7. The number of halogens is 2. The molecule has 2 heterocycles. The highest BCUT2D eigenvalue weighted by atomic mass is 79.9. The van der Waals surface area contributed by atoms with Gasteiger partial charge in [-0.25, -0.2) is 9.37 Å². The SMILES string of the molecule is CCOc1cccc(/C(O)=C2\C(=O)C(=O)N(c3nc4ccc(F)cc4s3)C2c2cc(Br)c(O)c(OC)c2)c1. The molecule has 2 N–H and O–H groups in total. The van der Waals surface area contributed by atoms with Gasteiger partial charge in [-0.05, 0) is 70.9 Å². The number of hydrogen-bond acceptors (Lipinski definition) is 8. The number of rotatable bonds is 6. The zero-order chi connectivity index (χ0) is 27.1. The average Bonchev–Trinajstić information content (AvgIpc) is 3.43. The number of methoxy groups -OCH3 is 1. The van der Waals surface area contributed by atoms with Crippen LogP contribution >= 0.6 is 27.3 Å². The number of hydrogen-bond donors (Lipinski definition) is 2. The van der Waals surface area contributed by atoms with Crippen LogP contribution in [0.3, 0.4) is 0 Å². The molecule has 1 amide bonds. The summed E-state index contributed by atoms with van der Waals surface area (Å²) in [5.41, 5.74) is 0.892. The zero-order valence-corrected chi connectivity index (χ0v) is 22.5. The van der Waals surface area contributed by atoms with E-state index in [1.165, 1.54) is 42.3 Å². The molecule has 0 saturated carbocycles. The summed E-state index contributed by atoms with van der Waals surface area (Å²) < 4.78 is 25.4. The van der Waals surface area contributed by atoms with Crippen LogP contribution in [0.1, 0.15) is 24.1 Å². The van der Waals surface area contributed by atoms with Crippen LogP contribution in [0.5, 0.6) is 17.2 Å². The average molecular weight is 599 g/mol. The summed E-state index contributed by atoms with van der Waals surface area (Å²) in [7, 11) is 1.36. The fraction of sp³-hybridized carbons (Fsp3) is 0.148. The van der Waals surface area contributed by atoms with Gasteiger partial charge in [0, 0.05) is 5.56 Å². The molecule has 1 atom stereocenters. The molecule has 8 nitrogen and oxygen atoms in total. The maximum Gasteiger partial charge on any atom is 0.301 e. The lowest BCUT2D eigenvalue weighted by atomic mass is 9.95. The minimum Gasteiger partial charge on any atom is -0.507 e. The largest absolute Gasteiger partial charge is 0.507 e. The number of ketones is 1. The normalized spacial score (nSPS) is 16.8. The van der Waals surface area contributed by atoms with Gasteiger partial charge in [0.1, 0.15) is 17.3 Å². The third-order valence-electron chi connectivity index (χ3n) is 5.99. The lowest BCUT2D eigenvalue weighted by Gasteiger charge is -2.24. The van der Waals surface area contributed by atoms with E-state index in [1.54, 1.807) is 24.3 Å². The standard InChI is InChI=1S/C27H20BrFN2O6S/c1-3-37-16-6-4-5-13(9-16)23(32)21-22(14-10-17(28)24(33)19(11-14)36-2)31(26(35)25(21)34)27-30-18-8-7-15(29)12-20(18)38-27/h4-12,22,32-33H,3H2,1-2H3/b23-21+. The number of benzene rings is 3. The van der Waals surface area contributed by atoms with E-state index in [0.29, 0.717) is 28.1 Å². The number of aromatic hydroxyl groups is 1. The topological polar surface area (TPSA) is 109 Å². The quantitative estimate of drug-likeness (QED) is 0.161. The molecule has 38 heavy (non-hydrogen) atoms. The van der Waals surface area contributed by atoms with Crippen LogP contribution in [-0.2, 0) is 9.59 Å². The van der Waals surface area contributed by atoms with Crippen LogP contribution in [0.15, 0.2) is 64.6 Å². The van der Waals surface area contributed by atoms with Gasteiger partial charge in [0.2, 0.25) is 0 Å². The van der Waals surface area contributed by atoms with Crippen molar-refractivity contribution in [3.05, 3.63) is 81.6 Å². The number of thiazole rings is 1. The number of carbonyl (C=O) groups is 2. The first-order valence-corrected chi connectivity index (χ1v) is 13.0. The van der Waals surface area contributed by atoms with Crippen molar-refractivity contribution >= 4 is 60.1 Å². The molecule has 11 heteroatoms. The van der Waals surface area contributed by atoms with Crippen LogP contribution < -0.4 is 14.4 Å². The maximum absolute atomic E-state index is 13.9. The first-order valence-electron chi connectivity index (χ1n) is 11.4. The number of carbonyl (C=O) groups excluding carboxylic acids is 2. The number of Topliss-reactive ketones (excluding diaryl/α,β-unsaturated/α-hetero) is 1. The number of fused-ring (bicyclic) bond motifs is 1. The van der Waals surface area contributed by atoms with Crippen LogP contribution in [0.4, 0.5) is 9.52 Å². The van der Waals surface area contributed by atoms with Gasteiger partial charge < -0.3 is 19.7 Å². The highest BCUT2D eigenvalue weighted by Crippen LogP contribution is 2.47.